The minimum Gasteiger partial charge on any atom is -0.350 e. The standard InChI is InChI=1S/C15H17N3O3S/c1-17(2)13(14-4-3-9-22-14)10-16-15(19)11-5-7-12(8-6-11)18(20)21/h3-9,13H,10H2,1-2H3,(H,16,19)/t13-/m0/s1. The molecular formula is C15H17N3O3S. The maximum Gasteiger partial charge on any atom is 0.269 e. The number of carbonyl (C=O) groups is 1. The summed E-state index contributed by atoms with van der Waals surface area (Å²) in [6.07, 6.45) is 0. The number of thiophene rings is 1. The van der Waals surface area contributed by atoms with Crippen LogP contribution in [0.2, 0.25) is 0 Å². The van der Waals surface area contributed by atoms with Gasteiger partial charge in [-0.05, 0) is 37.7 Å². The Morgan fingerprint density at radius 1 is 1.32 bits per heavy atom. The topological polar surface area (TPSA) is 75.5 Å². The van der Waals surface area contributed by atoms with E-state index in [2.05, 4.69) is 5.32 Å². The van der Waals surface area contributed by atoms with Crippen LogP contribution in [0, 0.1) is 10.1 Å². The first kappa shape index (κ1) is 16.1. The molecule has 0 fully saturated rings. The molecule has 0 aliphatic rings. The van der Waals surface area contributed by atoms with E-state index in [4.69, 9.17) is 0 Å². The van der Waals surface area contributed by atoms with Crippen LogP contribution in [0.5, 0.6) is 0 Å². The van der Waals surface area contributed by atoms with Crippen LogP contribution in [-0.4, -0.2) is 36.4 Å². The van der Waals surface area contributed by atoms with Crippen molar-refractivity contribution in [1.82, 2.24) is 10.2 Å². The normalized spacial score (nSPS) is 12.1. The molecule has 0 unspecified atom stereocenters. The molecule has 0 spiro atoms. The van der Waals surface area contributed by atoms with E-state index in [0.29, 0.717) is 12.1 Å². The Bertz CT molecular complexity index is 639. The third-order valence-electron chi connectivity index (χ3n) is 3.29. The van der Waals surface area contributed by atoms with Gasteiger partial charge in [-0.3, -0.25) is 14.9 Å². The predicted octanol–water partition coefficient (Wildman–Crippen LogP) is 2.69. The average Bonchev–Trinajstić information content (AvgIpc) is 3.01. The number of rotatable bonds is 6. The molecule has 2 rings (SSSR count). The van der Waals surface area contributed by atoms with Crippen molar-refractivity contribution in [3.8, 4) is 0 Å². The zero-order chi connectivity index (χ0) is 16.1. The molecular weight excluding hydrogens is 302 g/mol. The largest absolute Gasteiger partial charge is 0.350 e. The number of nitrogens with zero attached hydrogens (tertiary/aromatic N) is 2. The molecule has 0 aliphatic heterocycles. The molecule has 6 nitrogen and oxygen atoms in total. The maximum atomic E-state index is 12.1. The van der Waals surface area contributed by atoms with Gasteiger partial charge < -0.3 is 10.2 Å². The molecule has 2 aromatic rings. The molecule has 0 saturated carbocycles. The first-order valence-electron chi connectivity index (χ1n) is 6.71. The smallest absolute Gasteiger partial charge is 0.269 e. The van der Waals surface area contributed by atoms with Gasteiger partial charge >= 0.3 is 0 Å². The summed E-state index contributed by atoms with van der Waals surface area (Å²) in [5.41, 5.74) is 0.385. The lowest BCUT2D eigenvalue weighted by atomic mass is 10.1. The van der Waals surface area contributed by atoms with Gasteiger partial charge in [0, 0.05) is 29.1 Å². The van der Waals surface area contributed by atoms with Crippen molar-refractivity contribution in [1.29, 1.82) is 0 Å². The highest BCUT2D eigenvalue weighted by atomic mass is 32.1. The molecule has 1 N–H and O–H groups in total. The van der Waals surface area contributed by atoms with Crippen molar-refractivity contribution in [2.75, 3.05) is 20.6 Å². The van der Waals surface area contributed by atoms with E-state index in [0.717, 1.165) is 0 Å². The lowest BCUT2D eigenvalue weighted by Gasteiger charge is -2.23. The van der Waals surface area contributed by atoms with Crippen LogP contribution >= 0.6 is 11.3 Å². The summed E-state index contributed by atoms with van der Waals surface area (Å²) in [4.78, 5) is 25.5. The van der Waals surface area contributed by atoms with Crippen LogP contribution in [-0.2, 0) is 0 Å². The number of nitro groups is 1. The number of nitrogens with one attached hydrogen (secondary N) is 1. The zero-order valence-corrected chi connectivity index (χ0v) is 13.2. The summed E-state index contributed by atoms with van der Waals surface area (Å²) < 4.78 is 0. The number of amides is 1. The fourth-order valence-electron chi connectivity index (χ4n) is 2.04. The molecule has 1 amide bonds. The summed E-state index contributed by atoms with van der Waals surface area (Å²) in [6.45, 7) is 0.476. The first-order valence-corrected chi connectivity index (χ1v) is 7.59. The second-order valence-corrected chi connectivity index (χ2v) is 5.99. The predicted molar refractivity (Wildman–Crippen MR) is 86.2 cm³/mol. The van der Waals surface area contributed by atoms with Crippen LogP contribution < -0.4 is 5.32 Å². The quantitative estimate of drug-likeness (QED) is 0.656. The number of hydrogen-bond acceptors (Lipinski definition) is 5. The Labute approximate surface area is 132 Å². The molecule has 1 atom stereocenters. The Morgan fingerprint density at radius 2 is 2.00 bits per heavy atom. The maximum absolute atomic E-state index is 12.1. The molecule has 0 saturated heterocycles. The highest BCUT2D eigenvalue weighted by Crippen LogP contribution is 2.22. The van der Waals surface area contributed by atoms with Crippen molar-refractivity contribution in [3.05, 3.63) is 62.3 Å². The summed E-state index contributed by atoms with van der Waals surface area (Å²) in [6, 6.07) is 9.70. The third kappa shape index (κ3) is 3.90. The van der Waals surface area contributed by atoms with E-state index in [9.17, 15) is 14.9 Å². The lowest BCUT2D eigenvalue weighted by molar-refractivity contribution is -0.384. The van der Waals surface area contributed by atoms with Gasteiger partial charge in [-0.2, -0.15) is 0 Å². The van der Waals surface area contributed by atoms with E-state index in [1.165, 1.54) is 29.1 Å². The van der Waals surface area contributed by atoms with E-state index in [1.807, 2.05) is 36.5 Å². The van der Waals surface area contributed by atoms with Gasteiger partial charge in [0.15, 0.2) is 0 Å². The molecule has 0 radical (unpaired) electrons. The monoisotopic (exact) mass is 319 g/mol. The van der Waals surface area contributed by atoms with Crippen LogP contribution in [0.1, 0.15) is 21.3 Å². The van der Waals surface area contributed by atoms with Gasteiger partial charge in [-0.15, -0.1) is 11.3 Å². The number of benzene rings is 1. The minimum atomic E-state index is -0.486. The number of likely N-dealkylation sites (N-methyl/N-ethyl adjacent to an activating group) is 1. The lowest BCUT2D eigenvalue weighted by Crippen LogP contribution is -2.34. The second-order valence-electron chi connectivity index (χ2n) is 5.01. The third-order valence-corrected chi connectivity index (χ3v) is 4.26. The Balaban J connectivity index is 2.00. The molecule has 7 heteroatoms. The SMILES string of the molecule is CN(C)[C@@H](CNC(=O)c1ccc([N+](=O)[O-])cc1)c1cccs1. The van der Waals surface area contributed by atoms with Gasteiger partial charge in [-0.1, -0.05) is 6.07 Å². The minimum absolute atomic E-state index is 0.0266. The van der Waals surface area contributed by atoms with Crippen LogP contribution in [0.25, 0.3) is 0 Å². The molecule has 1 heterocycles. The number of nitro benzene ring substituents is 1. The highest BCUT2D eigenvalue weighted by molar-refractivity contribution is 7.10. The summed E-state index contributed by atoms with van der Waals surface area (Å²) >= 11 is 1.64. The van der Waals surface area contributed by atoms with Gasteiger partial charge in [-0.25, -0.2) is 0 Å². The highest BCUT2D eigenvalue weighted by Gasteiger charge is 2.17. The van der Waals surface area contributed by atoms with E-state index < -0.39 is 4.92 Å². The molecule has 22 heavy (non-hydrogen) atoms. The summed E-state index contributed by atoms with van der Waals surface area (Å²) in [7, 11) is 3.92. The first-order chi connectivity index (χ1) is 10.5. The van der Waals surface area contributed by atoms with E-state index >= 15 is 0 Å². The fraction of sp³-hybridized carbons (Fsp3) is 0.267. The Kier molecular flexibility index (Phi) is 5.24. The second kappa shape index (κ2) is 7.15. The van der Waals surface area contributed by atoms with Crippen molar-refractivity contribution in [2.45, 2.75) is 6.04 Å². The number of carbonyl (C=O) groups excluding carboxylic acids is 1. The van der Waals surface area contributed by atoms with Gasteiger partial charge in [0.05, 0.1) is 11.0 Å². The zero-order valence-electron chi connectivity index (χ0n) is 12.4. The Hall–Kier alpha value is -2.25. The molecule has 1 aromatic carbocycles. The number of non-ortho nitro benzene ring substituents is 1. The molecule has 116 valence electrons. The summed E-state index contributed by atoms with van der Waals surface area (Å²) in [5, 5.41) is 15.5. The summed E-state index contributed by atoms with van der Waals surface area (Å²) in [5.74, 6) is -0.238. The van der Waals surface area contributed by atoms with Crippen LogP contribution in [0.15, 0.2) is 41.8 Å². The van der Waals surface area contributed by atoms with Crippen molar-refractivity contribution in [3.63, 3.8) is 0 Å². The van der Waals surface area contributed by atoms with E-state index in [1.54, 1.807) is 11.3 Å². The fourth-order valence-corrected chi connectivity index (χ4v) is 2.97. The van der Waals surface area contributed by atoms with Crippen molar-refractivity contribution >= 4 is 22.9 Å². The van der Waals surface area contributed by atoms with Crippen molar-refractivity contribution < 1.29 is 9.72 Å². The number of hydrogen-bond donors (Lipinski definition) is 1. The van der Waals surface area contributed by atoms with Crippen molar-refractivity contribution in [2.24, 2.45) is 0 Å². The van der Waals surface area contributed by atoms with Crippen LogP contribution in [0.3, 0.4) is 0 Å². The Morgan fingerprint density at radius 3 is 2.50 bits per heavy atom. The molecule has 0 aliphatic carbocycles. The van der Waals surface area contributed by atoms with Gasteiger partial charge in [0.1, 0.15) is 0 Å². The van der Waals surface area contributed by atoms with E-state index in [-0.39, 0.29) is 17.6 Å². The molecule has 0 bridgehead atoms. The molecule has 1 aromatic heterocycles. The van der Waals surface area contributed by atoms with Crippen LogP contribution in [0.4, 0.5) is 5.69 Å². The van der Waals surface area contributed by atoms with Gasteiger partial charge in [0.2, 0.25) is 0 Å². The van der Waals surface area contributed by atoms with Gasteiger partial charge in [0.25, 0.3) is 11.6 Å². The average molecular weight is 319 g/mol.